The molecule has 5 atom stereocenters. The number of benzene rings is 1. The van der Waals surface area contributed by atoms with Crippen LogP contribution >= 0.6 is 0 Å². The molecule has 0 aliphatic heterocycles. The minimum atomic E-state index is -0.587. The van der Waals surface area contributed by atoms with Crippen molar-refractivity contribution in [1.29, 1.82) is 0 Å². The Balaban J connectivity index is 2.06. The van der Waals surface area contributed by atoms with E-state index >= 15 is 0 Å². The lowest BCUT2D eigenvalue weighted by Gasteiger charge is -2.36. The number of nitro groups is 2. The van der Waals surface area contributed by atoms with Crippen LogP contribution in [0.3, 0.4) is 0 Å². The number of nitrogens with one attached hydrogen (secondary N) is 1. The third-order valence-electron chi connectivity index (χ3n) is 11.2. The average molecular weight is 869 g/mol. The summed E-state index contributed by atoms with van der Waals surface area (Å²) in [5, 5.41) is 36.7. The van der Waals surface area contributed by atoms with Gasteiger partial charge in [0, 0.05) is 50.1 Å². The molecule has 62 heavy (non-hydrogen) atoms. The van der Waals surface area contributed by atoms with E-state index < -0.39 is 34.0 Å². The van der Waals surface area contributed by atoms with Crippen LogP contribution in [0.5, 0.6) is 5.75 Å². The SMILES string of the molecule is C=CC(=O)OCCN(CCOC(=O)CC)c1ccc(/N=N/C2CC(OCC(CC)CCCC)C(NC3=C([N+](=O)[O-])C=C([N+](=O)[O-])CC3)C=C2OCC(CC)CCCC)c(OC)c1. The number of methoxy groups -OCH3 is 1. The van der Waals surface area contributed by atoms with E-state index in [0.29, 0.717) is 73.1 Å². The van der Waals surface area contributed by atoms with Crippen LogP contribution in [0.4, 0.5) is 11.4 Å². The molecule has 344 valence electrons. The minimum absolute atomic E-state index is 0.0484. The van der Waals surface area contributed by atoms with Crippen molar-refractivity contribution in [3.8, 4) is 5.75 Å². The van der Waals surface area contributed by atoms with Gasteiger partial charge < -0.3 is 33.9 Å². The standard InChI is InChI=1S/C45H68N6O11/c1-8-14-16-32(10-3)30-61-42-29-39(48-47-37-21-18-34(27-41(37)58-7)49(22-24-59-44(52)12-5)23-25-60-45(53)13-6)43(62-31-33(11-4)17-15-9-2)28-38(42)46-36-20-19-35(50(54)55)26-40(36)51(56)57/h12,18,21,26-28,32-33,38-39,42,46H,5,8-11,13-17,19-20,22-25,29-31H2,1-4,6-7H3/b48-47+. The highest BCUT2D eigenvalue weighted by Gasteiger charge is 2.37. The molecule has 5 unspecified atom stereocenters. The lowest BCUT2D eigenvalue weighted by Crippen LogP contribution is -2.46. The molecule has 3 rings (SSSR count). The Hall–Kier alpha value is -5.32. The number of azo groups is 1. The van der Waals surface area contributed by atoms with E-state index in [1.54, 1.807) is 19.1 Å². The molecule has 0 radical (unpaired) electrons. The Kier molecular flexibility index (Phi) is 22.7. The van der Waals surface area contributed by atoms with Gasteiger partial charge in [-0.05, 0) is 42.9 Å². The topological polar surface area (TPSA) is 207 Å². The number of carbonyl (C=O) groups is 2. The number of nitrogens with zero attached hydrogens (tertiary/aromatic N) is 5. The van der Waals surface area contributed by atoms with E-state index in [4.69, 9.17) is 33.9 Å². The van der Waals surface area contributed by atoms with E-state index in [2.05, 4.69) is 39.6 Å². The van der Waals surface area contributed by atoms with Gasteiger partial charge in [-0.25, -0.2) is 4.79 Å². The van der Waals surface area contributed by atoms with Gasteiger partial charge in [-0.2, -0.15) is 10.2 Å². The van der Waals surface area contributed by atoms with Crippen LogP contribution in [-0.4, -0.2) is 86.6 Å². The largest absolute Gasteiger partial charge is 0.496 e. The van der Waals surface area contributed by atoms with E-state index in [1.165, 1.54) is 7.11 Å². The first-order valence-electron chi connectivity index (χ1n) is 22.1. The van der Waals surface area contributed by atoms with Gasteiger partial charge in [0.15, 0.2) is 0 Å². The summed E-state index contributed by atoms with van der Waals surface area (Å²) < 4.78 is 29.6. The Labute approximate surface area is 366 Å². The molecule has 1 aromatic rings. The summed E-state index contributed by atoms with van der Waals surface area (Å²) in [5.41, 5.74) is 0.905. The number of carbonyl (C=O) groups excluding carboxylic acids is 2. The molecule has 0 aromatic heterocycles. The molecule has 0 amide bonds. The fourth-order valence-corrected chi connectivity index (χ4v) is 7.19. The molecule has 0 heterocycles. The van der Waals surface area contributed by atoms with Crippen LogP contribution in [-0.2, 0) is 28.5 Å². The smallest absolute Gasteiger partial charge is 0.330 e. The van der Waals surface area contributed by atoms with Gasteiger partial charge in [0.1, 0.15) is 36.5 Å². The zero-order valence-corrected chi connectivity index (χ0v) is 37.5. The van der Waals surface area contributed by atoms with E-state index in [9.17, 15) is 29.8 Å². The fraction of sp³-hybridized carbons (Fsp3) is 0.644. The Morgan fingerprint density at radius 2 is 1.65 bits per heavy atom. The van der Waals surface area contributed by atoms with Gasteiger partial charge in [0.2, 0.25) is 0 Å². The molecule has 0 bridgehead atoms. The summed E-state index contributed by atoms with van der Waals surface area (Å²) in [6, 6.07) is 4.24. The number of unbranched alkanes of at least 4 members (excludes halogenated alkanes) is 2. The minimum Gasteiger partial charge on any atom is -0.496 e. The first kappa shape index (κ1) is 51.0. The van der Waals surface area contributed by atoms with Gasteiger partial charge in [0.05, 0.1) is 60.6 Å². The average Bonchev–Trinajstić information content (AvgIpc) is 3.28. The first-order chi connectivity index (χ1) is 29.9. The maximum atomic E-state index is 12.2. The summed E-state index contributed by atoms with van der Waals surface area (Å²) in [4.78, 5) is 48.1. The van der Waals surface area contributed by atoms with Gasteiger partial charge >= 0.3 is 11.9 Å². The van der Waals surface area contributed by atoms with Crippen LogP contribution in [0.1, 0.15) is 112 Å². The molecular weight excluding hydrogens is 801 g/mol. The van der Waals surface area contributed by atoms with Gasteiger partial charge in [-0.1, -0.05) is 79.7 Å². The summed E-state index contributed by atoms with van der Waals surface area (Å²) in [6.07, 6.45) is 12.4. The number of hydrogen-bond acceptors (Lipinski definition) is 15. The number of ether oxygens (including phenoxy) is 5. The van der Waals surface area contributed by atoms with Crippen molar-refractivity contribution in [2.24, 2.45) is 22.1 Å². The number of anilines is 1. The second kappa shape index (κ2) is 27.6. The molecular formula is C45H68N6O11. The van der Waals surface area contributed by atoms with Crippen LogP contribution in [0, 0.1) is 32.1 Å². The highest BCUT2D eigenvalue weighted by Crippen LogP contribution is 2.35. The highest BCUT2D eigenvalue weighted by molar-refractivity contribution is 5.81. The normalized spacial score (nSPS) is 18.6. The monoisotopic (exact) mass is 868 g/mol. The summed E-state index contributed by atoms with van der Waals surface area (Å²) >= 11 is 0. The molecule has 0 saturated carbocycles. The maximum absolute atomic E-state index is 12.2. The molecule has 0 spiro atoms. The predicted molar refractivity (Wildman–Crippen MR) is 236 cm³/mol. The van der Waals surface area contributed by atoms with Crippen LogP contribution in [0.25, 0.3) is 0 Å². The van der Waals surface area contributed by atoms with Crippen LogP contribution < -0.4 is 15.0 Å². The lowest BCUT2D eigenvalue weighted by atomic mass is 9.92. The van der Waals surface area contributed by atoms with E-state index in [1.807, 2.05) is 17.0 Å². The fourth-order valence-electron chi connectivity index (χ4n) is 7.19. The Bertz CT molecular complexity index is 1760. The number of esters is 2. The second-order valence-electron chi connectivity index (χ2n) is 15.5. The predicted octanol–water partition coefficient (Wildman–Crippen LogP) is 9.16. The quantitative estimate of drug-likeness (QED) is 0.0252. The Morgan fingerprint density at radius 3 is 2.24 bits per heavy atom. The van der Waals surface area contributed by atoms with E-state index in [0.717, 1.165) is 63.5 Å². The lowest BCUT2D eigenvalue weighted by molar-refractivity contribution is -0.439. The third-order valence-corrected chi connectivity index (χ3v) is 11.2. The number of hydrogen-bond donors (Lipinski definition) is 1. The summed E-state index contributed by atoms with van der Waals surface area (Å²) in [5.74, 6) is 0.712. The zero-order valence-electron chi connectivity index (χ0n) is 37.5. The molecule has 0 saturated heterocycles. The molecule has 1 N–H and O–H groups in total. The van der Waals surface area contributed by atoms with Gasteiger partial charge in [-0.15, -0.1) is 0 Å². The van der Waals surface area contributed by atoms with E-state index in [-0.39, 0.29) is 49.8 Å². The molecule has 17 heteroatoms. The third kappa shape index (κ3) is 16.5. The highest BCUT2D eigenvalue weighted by atomic mass is 16.6. The first-order valence-corrected chi connectivity index (χ1v) is 22.1. The summed E-state index contributed by atoms with van der Waals surface area (Å²) in [7, 11) is 1.53. The van der Waals surface area contributed by atoms with Crippen molar-refractivity contribution < 1.29 is 43.1 Å². The van der Waals surface area contributed by atoms with Crippen LogP contribution in [0.15, 0.2) is 76.1 Å². The van der Waals surface area contributed by atoms with Crippen molar-refractivity contribution in [2.75, 3.05) is 51.5 Å². The van der Waals surface area contributed by atoms with Crippen molar-refractivity contribution >= 4 is 23.3 Å². The molecule has 0 fully saturated rings. The number of rotatable bonds is 30. The van der Waals surface area contributed by atoms with Crippen LogP contribution in [0.2, 0.25) is 0 Å². The van der Waals surface area contributed by atoms with Crippen molar-refractivity contribution in [3.63, 3.8) is 0 Å². The molecule has 2 aliphatic rings. The zero-order chi connectivity index (χ0) is 45.4. The summed E-state index contributed by atoms with van der Waals surface area (Å²) in [6.45, 7) is 15.5. The van der Waals surface area contributed by atoms with Crippen molar-refractivity contribution in [3.05, 3.63) is 86.1 Å². The molecule has 2 aliphatic carbocycles. The van der Waals surface area contributed by atoms with Gasteiger partial charge in [-0.3, -0.25) is 25.0 Å². The number of allylic oxidation sites excluding steroid dienone is 3. The van der Waals surface area contributed by atoms with Crippen molar-refractivity contribution in [1.82, 2.24) is 5.32 Å². The Morgan fingerprint density at radius 1 is 0.968 bits per heavy atom. The second-order valence-corrected chi connectivity index (χ2v) is 15.5. The maximum Gasteiger partial charge on any atom is 0.330 e. The van der Waals surface area contributed by atoms with Crippen molar-refractivity contribution in [2.45, 2.75) is 130 Å². The van der Waals surface area contributed by atoms with Gasteiger partial charge in [0.25, 0.3) is 11.4 Å². The molecule has 17 nitrogen and oxygen atoms in total. The molecule has 1 aromatic carbocycles.